The number of ketones is 1. The number of phenols is 1. The molecule has 0 fully saturated rings. The van der Waals surface area contributed by atoms with Gasteiger partial charge in [0.1, 0.15) is 11.3 Å². The van der Waals surface area contributed by atoms with E-state index in [1.807, 2.05) is 0 Å². The lowest BCUT2D eigenvalue weighted by molar-refractivity contribution is -0.139. The van der Waals surface area contributed by atoms with E-state index in [9.17, 15) is 32.7 Å². The molecule has 0 radical (unpaired) electrons. The maximum Gasteiger partial charge on any atom is 0.339 e. The smallest absolute Gasteiger partial charge is 0.339 e. The van der Waals surface area contributed by atoms with Crippen molar-refractivity contribution in [1.29, 1.82) is 0 Å². The number of carbonyl (C=O) groups excluding carboxylic acids is 2. The third-order valence-corrected chi connectivity index (χ3v) is 5.76. The van der Waals surface area contributed by atoms with Crippen molar-refractivity contribution in [3.63, 3.8) is 0 Å². The molecule has 11 nitrogen and oxygen atoms in total. The summed E-state index contributed by atoms with van der Waals surface area (Å²) in [5.74, 6) is -4.46. The normalized spacial score (nSPS) is 12.0. The summed E-state index contributed by atoms with van der Waals surface area (Å²) in [5, 5.41) is 29.7. The van der Waals surface area contributed by atoms with Crippen molar-refractivity contribution in [2.75, 3.05) is 0 Å². The largest absolute Gasteiger partial charge is 0.507 e. The van der Waals surface area contributed by atoms with Crippen LogP contribution >= 0.6 is 0 Å². The van der Waals surface area contributed by atoms with Gasteiger partial charge in [-0.1, -0.05) is 12.1 Å². The van der Waals surface area contributed by atoms with Crippen molar-refractivity contribution >= 4 is 33.7 Å². The van der Waals surface area contributed by atoms with E-state index in [0.29, 0.717) is 5.56 Å². The van der Waals surface area contributed by atoms with Crippen LogP contribution in [0.2, 0.25) is 0 Å². The summed E-state index contributed by atoms with van der Waals surface area (Å²) in [6, 6.07) is 7.33. The number of aliphatic carboxylic acids is 1. The van der Waals surface area contributed by atoms with Crippen LogP contribution in [0.15, 0.2) is 47.4 Å². The molecule has 0 aliphatic rings. The summed E-state index contributed by atoms with van der Waals surface area (Å²) in [7, 11) is -4.09. The highest BCUT2D eigenvalue weighted by molar-refractivity contribution is 7.89. The third-order valence-electron chi connectivity index (χ3n) is 4.37. The minimum absolute atomic E-state index is 0.137. The lowest BCUT2D eigenvalue weighted by Gasteiger charge is -2.14. The van der Waals surface area contributed by atoms with Gasteiger partial charge >= 0.3 is 11.9 Å². The minimum Gasteiger partial charge on any atom is -0.507 e. The highest BCUT2D eigenvalue weighted by atomic mass is 32.2. The number of rotatable bonds is 10. The lowest BCUT2D eigenvalue weighted by atomic mass is 10.1. The van der Waals surface area contributed by atoms with Crippen LogP contribution < -0.4 is 10.0 Å². The monoisotopic (exact) mass is 464 g/mol. The Balaban J connectivity index is 2.07. The molecule has 0 heterocycles. The van der Waals surface area contributed by atoms with Crippen LogP contribution in [-0.2, 0) is 26.2 Å². The first kappa shape index (κ1) is 24.5. The van der Waals surface area contributed by atoms with E-state index < -0.39 is 57.4 Å². The van der Waals surface area contributed by atoms with Gasteiger partial charge in [-0.25, -0.2) is 17.9 Å². The number of carboxylic acid groups (broad SMARTS) is 2. The molecule has 0 saturated heterocycles. The van der Waals surface area contributed by atoms with Gasteiger partial charge in [0.05, 0.1) is 17.4 Å². The molecule has 0 bridgehead atoms. The molecule has 170 valence electrons. The van der Waals surface area contributed by atoms with E-state index in [2.05, 4.69) is 10.0 Å². The Labute approximate surface area is 182 Å². The highest BCUT2D eigenvalue weighted by Gasteiger charge is 2.21. The fourth-order valence-corrected chi connectivity index (χ4v) is 3.65. The van der Waals surface area contributed by atoms with Crippen LogP contribution in [0.1, 0.15) is 39.6 Å². The second kappa shape index (κ2) is 10.0. The molecule has 0 unspecified atom stereocenters. The second-order valence-electron chi connectivity index (χ2n) is 6.74. The van der Waals surface area contributed by atoms with Gasteiger partial charge in [0.15, 0.2) is 5.78 Å². The molecule has 0 saturated carbocycles. The summed E-state index contributed by atoms with van der Waals surface area (Å²) in [6.45, 7) is 0.985. The molecule has 0 spiro atoms. The zero-order valence-corrected chi connectivity index (χ0v) is 17.5. The number of carbonyl (C=O) groups is 4. The predicted molar refractivity (Wildman–Crippen MR) is 110 cm³/mol. The maximum absolute atomic E-state index is 12.4. The van der Waals surface area contributed by atoms with E-state index in [4.69, 9.17) is 10.2 Å². The van der Waals surface area contributed by atoms with Gasteiger partial charge in [-0.2, -0.15) is 0 Å². The summed E-state index contributed by atoms with van der Waals surface area (Å²) in [5.41, 5.74) is 0.0453. The van der Waals surface area contributed by atoms with Crippen LogP contribution in [0, 0.1) is 0 Å². The zero-order chi connectivity index (χ0) is 24.1. The van der Waals surface area contributed by atoms with Crippen LogP contribution in [0.25, 0.3) is 0 Å². The predicted octanol–water partition coefficient (Wildman–Crippen LogP) is 0.731. The van der Waals surface area contributed by atoms with Gasteiger partial charge in [0.25, 0.3) is 5.91 Å². The van der Waals surface area contributed by atoms with Crippen LogP contribution in [0.4, 0.5) is 0 Å². The van der Waals surface area contributed by atoms with Gasteiger partial charge in [0.2, 0.25) is 10.0 Å². The summed E-state index contributed by atoms with van der Waals surface area (Å²) >= 11 is 0. The maximum atomic E-state index is 12.4. The van der Waals surface area contributed by atoms with Gasteiger partial charge < -0.3 is 20.6 Å². The van der Waals surface area contributed by atoms with E-state index in [0.717, 1.165) is 25.1 Å². The number of sulfonamides is 1. The number of aromatic hydroxyl groups is 1. The van der Waals surface area contributed by atoms with Crippen LogP contribution in [-0.4, -0.2) is 53.4 Å². The molecular weight excluding hydrogens is 444 g/mol. The zero-order valence-electron chi connectivity index (χ0n) is 16.7. The van der Waals surface area contributed by atoms with E-state index in [-0.39, 0.29) is 17.0 Å². The van der Waals surface area contributed by atoms with Gasteiger partial charge in [-0.3, -0.25) is 14.4 Å². The van der Waals surface area contributed by atoms with Crippen molar-refractivity contribution in [2.24, 2.45) is 0 Å². The molecule has 0 aliphatic heterocycles. The molecule has 2 aromatic carbocycles. The number of hydrogen-bond acceptors (Lipinski definition) is 7. The van der Waals surface area contributed by atoms with Gasteiger partial charge in [-0.05, 0) is 42.8 Å². The number of nitrogens with one attached hydrogen (secondary N) is 2. The molecule has 2 aromatic rings. The molecule has 1 atom stereocenters. The standard InChI is InChI=1S/C20H20N2O9S/c1-11(23)16(9-18(25)26)22-19(27)13-4-2-12(3-5-13)10-21-32(30,31)14-6-7-17(24)15(8-14)20(28)29/h2-8,16,21,24H,9-10H2,1H3,(H,22,27)(H,25,26)(H,28,29)/t16-/m0/s1. The molecule has 0 aromatic heterocycles. The third kappa shape index (κ3) is 6.36. The van der Waals surface area contributed by atoms with Crippen molar-refractivity contribution in [1.82, 2.24) is 10.0 Å². The molecular formula is C20H20N2O9S. The SMILES string of the molecule is CC(=O)[C@H](CC(=O)O)NC(=O)c1ccc(CNS(=O)(=O)c2ccc(O)c(C(=O)O)c2)cc1. The van der Waals surface area contributed by atoms with Gasteiger partial charge in [-0.15, -0.1) is 0 Å². The number of amides is 1. The lowest BCUT2D eigenvalue weighted by Crippen LogP contribution is -2.41. The number of Topliss-reactive ketones (excluding diaryl/α,β-unsaturated/α-hetero) is 1. The fourth-order valence-electron chi connectivity index (χ4n) is 2.60. The first-order valence-electron chi connectivity index (χ1n) is 9.08. The fraction of sp³-hybridized carbons (Fsp3) is 0.200. The van der Waals surface area contributed by atoms with Crippen LogP contribution in [0.3, 0.4) is 0 Å². The number of aromatic carboxylic acids is 1. The second-order valence-corrected chi connectivity index (χ2v) is 8.51. The number of carboxylic acids is 2. The average molecular weight is 464 g/mol. The van der Waals surface area contributed by atoms with Crippen molar-refractivity contribution in [3.8, 4) is 5.75 Å². The molecule has 12 heteroatoms. The molecule has 2 rings (SSSR count). The topological polar surface area (TPSA) is 187 Å². The Morgan fingerprint density at radius 1 is 1.00 bits per heavy atom. The van der Waals surface area contributed by atoms with Crippen molar-refractivity contribution < 1.29 is 42.9 Å². The summed E-state index contributed by atoms with van der Waals surface area (Å²) in [4.78, 5) is 45.2. The van der Waals surface area contributed by atoms with E-state index in [1.54, 1.807) is 0 Å². The Hall–Kier alpha value is -3.77. The van der Waals surface area contributed by atoms with Crippen molar-refractivity contribution in [2.45, 2.75) is 30.8 Å². The van der Waals surface area contributed by atoms with Crippen LogP contribution in [0.5, 0.6) is 5.75 Å². The Morgan fingerprint density at radius 3 is 2.16 bits per heavy atom. The molecule has 32 heavy (non-hydrogen) atoms. The quantitative estimate of drug-likeness (QED) is 0.338. The number of benzene rings is 2. The number of hydrogen-bond donors (Lipinski definition) is 5. The summed E-state index contributed by atoms with van der Waals surface area (Å²) < 4.78 is 27.1. The van der Waals surface area contributed by atoms with E-state index >= 15 is 0 Å². The Bertz CT molecular complexity index is 1160. The molecule has 1 amide bonds. The average Bonchev–Trinajstić information content (AvgIpc) is 2.71. The Kier molecular flexibility index (Phi) is 7.67. The van der Waals surface area contributed by atoms with E-state index in [1.165, 1.54) is 24.3 Å². The Morgan fingerprint density at radius 2 is 1.62 bits per heavy atom. The molecule has 0 aliphatic carbocycles. The highest BCUT2D eigenvalue weighted by Crippen LogP contribution is 2.21. The summed E-state index contributed by atoms with van der Waals surface area (Å²) in [6.07, 6.45) is -0.554. The first-order valence-corrected chi connectivity index (χ1v) is 10.6. The van der Waals surface area contributed by atoms with Crippen molar-refractivity contribution in [3.05, 3.63) is 59.2 Å². The van der Waals surface area contributed by atoms with Gasteiger partial charge in [0, 0.05) is 12.1 Å². The first-order chi connectivity index (χ1) is 14.9. The molecule has 5 N–H and O–H groups in total. The minimum atomic E-state index is -4.09.